The lowest BCUT2D eigenvalue weighted by Crippen LogP contribution is -2.51. The van der Waals surface area contributed by atoms with Crippen LogP contribution in [0.3, 0.4) is 0 Å². The monoisotopic (exact) mass is 1850 g/mol. The van der Waals surface area contributed by atoms with Crippen LogP contribution in [0, 0.1) is 83.1 Å². The Hall–Kier alpha value is -12.5. The Labute approximate surface area is 795 Å². The number of aromatic nitrogens is 12. The summed E-state index contributed by atoms with van der Waals surface area (Å²) >= 11 is 14.1. The molecule has 0 radical (unpaired) electrons. The maximum atomic E-state index is 6.26. The number of hydrogen-bond donors (Lipinski definition) is 2. The van der Waals surface area contributed by atoms with Gasteiger partial charge in [0.1, 0.15) is 40.2 Å². The number of aryl methyl sites for hydroxylation is 12. The first-order valence-corrected chi connectivity index (χ1v) is 48.1. The van der Waals surface area contributed by atoms with Crippen molar-refractivity contribution in [2.45, 2.75) is 160 Å². The second kappa shape index (κ2) is 42.6. The summed E-state index contributed by atoms with van der Waals surface area (Å²) in [6.07, 6.45) is 8.97. The van der Waals surface area contributed by atoms with E-state index in [1.54, 1.807) is 33.1 Å². The highest BCUT2D eigenvalue weighted by Gasteiger charge is 2.32. The number of nitrogens with one attached hydrogen (secondary N) is 2. The average Bonchev–Trinajstić information content (AvgIpc) is 1.60. The number of methoxy groups -OCH3 is 3. The van der Waals surface area contributed by atoms with E-state index in [-0.39, 0.29) is 0 Å². The molecule has 0 spiro atoms. The fourth-order valence-corrected chi connectivity index (χ4v) is 20.3. The maximum absolute atomic E-state index is 6.26. The first kappa shape index (κ1) is 95.1. The molecule has 2 N–H and O–H groups in total. The molecule has 2 aliphatic heterocycles. The summed E-state index contributed by atoms with van der Waals surface area (Å²) in [5, 5.41) is 53.7. The molecule has 28 heteroatoms. The molecular formula is C105H124Cl2N18O7S. The highest BCUT2D eigenvalue weighted by Crippen LogP contribution is 2.44. The molecule has 8 aromatic heterocycles. The first-order chi connectivity index (χ1) is 64.4. The fraction of sp³-hybridized carbons (Fsp3) is 0.371. The maximum Gasteiger partial charge on any atom is 0.162 e. The molecule has 1 aliphatic carbocycles. The summed E-state index contributed by atoms with van der Waals surface area (Å²) in [6, 6.07) is 51.4. The number of piperazine rings is 2. The molecule has 133 heavy (non-hydrogen) atoms. The molecule has 3 aliphatic rings. The quantitative estimate of drug-likeness (QED) is 0.0507. The van der Waals surface area contributed by atoms with Crippen LogP contribution in [-0.4, -0.2) is 176 Å². The van der Waals surface area contributed by atoms with E-state index < -0.39 is 0 Å². The summed E-state index contributed by atoms with van der Waals surface area (Å²) in [4.78, 5) is 11.0. The lowest BCUT2D eigenvalue weighted by atomic mass is 9.94. The Bertz CT molecular complexity index is 6630. The van der Waals surface area contributed by atoms with Gasteiger partial charge in [-0.15, -0.1) is 32.2 Å². The Balaban J connectivity index is 0.000000136. The van der Waals surface area contributed by atoms with Crippen molar-refractivity contribution < 1.29 is 33.2 Å². The van der Waals surface area contributed by atoms with E-state index in [0.29, 0.717) is 43.0 Å². The van der Waals surface area contributed by atoms with Crippen molar-refractivity contribution in [1.29, 1.82) is 0 Å². The molecule has 2 saturated heterocycles. The lowest BCUT2D eigenvalue weighted by Gasteiger charge is -2.41. The number of anilines is 6. The van der Waals surface area contributed by atoms with Gasteiger partial charge in [0.05, 0.1) is 92.0 Å². The smallest absolute Gasteiger partial charge is 0.162 e. The zero-order valence-corrected chi connectivity index (χ0v) is 82.7. The van der Waals surface area contributed by atoms with Crippen molar-refractivity contribution in [2.24, 2.45) is 0 Å². The highest BCUT2D eigenvalue weighted by atomic mass is 35.5. The van der Waals surface area contributed by atoms with Gasteiger partial charge in [0.15, 0.2) is 23.3 Å². The number of halogens is 2. The molecule has 0 atom stereocenters. The standard InChI is InChI=1S/C28H31Cl2N5O2.C28H39N5O2.C25H28N4O2.C24H26N4OS/c1-6-37-21-8-10-24(25(16-21)36-5)35-18(3)26-17(2)31-32-28(27(26)19(35)4)34-13-11-33(12-14-34)20-7-9-22(29)23(30)15-20;1-6-35-23-12-13-24(25(18-23)34-5)33-20(3)26-19(2)29-30-28(27(26)21(33)4)32-16-14-31(15-17-32)22-10-8-7-9-11-22;1-6-31-21-12-10-20(11-13-21)29-17(3)23-16(2)27-28-25(24(23)18(29)4)26-15-19-8-7-9-22(14-19)30-5;1-6-29-20-11-9-19(10-12-20)28-16(3)22-15(2)26-27-24(23(22)17(28)4)25-18-7-13-21(30-5)14-8-18/h7-10,15-16H,6,11-14H2,1-5H3;12-13,18,22H,6-11,14-17H2,1-5H3;7-14H,6,15H2,1-5H3,(H,26,28);7-14H,6H2,1-5H3,(H,25,27). The molecule has 696 valence electrons. The Morgan fingerprint density at radius 1 is 0.361 bits per heavy atom. The van der Waals surface area contributed by atoms with Gasteiger partial charge in [0.25, 0.3) is 0 Å². The predicted molar refractivity (Wildman–Crippen MR) is 543 cm³/mol. The van der Waals surface area contributed by atoms with Crippen molar-refractivity contribution in [3.63, 3.8) is 0 Å². The molecule has 18 rings (SSSR count). The zero-order valence-electron chi connectivity index (χ0n) is 80.4. The van der Waals surface area contributed by atoms with Crippen LogP contribution < -0.4 is 58.5 Å². The van der Waals surface area contributed by atoms with Crippen molar-refractivity contribution in [1.82, 2.24) is 64.0 Å². The molecule has 0 unspecified atom stereocenters. The van der Waals surface area contributed by atoms with Crippen LogP contribution in [0.25, 0.3) is 65.8 Å². The van der Waals surface area contributed by atoms with Gasteiger partial charge in [-0.1, -0.05) is 54.6 Å². The van der Waals surface area contributed by atoms with Crippen LogP contribution in [0.4, 0.5) is 34.6 Å². The lowest BCUT2D eigenvalue weighted by molar-refractivity contribution is 0.147. The minimum absolute atomic E-state index is 0.570. The van der Waals surface area contributed by atoms with Crippen LogP contribution >= 0.6 is 35.0 Å². The number of nitrogens with zero attached hydrogens (tertiary/aromatic N) is 16. The van der Waals surface area contributed by atoms with Gasteiger partial charge in [-0.25, -0.2) is 0 Å². The van der Waals surface area contributed by atoms with E-state index in [2.05, 4.69) is 214 Å². The van der Waals surface area contributed by atoms with E-state index in [1.165, 1.54) is 53.5 Å². The minimum atomic E-state index is 0.570. The topological polar surface area (TPSA) is 224 Å². The molecule has 25 nitrogen and oxygen atoms in total. The Morgan fingerprint density at radius 2 is 0.767 bits per heavy atom. The summed E-state index contributed by atoms with van der Waals surface area (Å²) in [6.45, 7) is 44.0. The highest BCUT2D eigenvalue weighted by molar-refractivity contribution is 7.98. The van der Waals surface area contributed by atoms with Gasteiger partial charge in [0.2, 0.25) is 0 Å². The van der Waals surface area contributed by atoms with Crippen LogP contribution in [0.2, 0.25) is 10.0 Å². The van der Waals surface area contributed by atoms with Gasteiger partial charge in [0, 0.05) is 193 Å². The summed E-state index contributed by atoms with van der Waals surface area (Å²) < 4.78 is 48.5. The molecule has 1 saturated carbocycles. The third-order valence-electron chi connectivity index (χ3n) is 25.9. The fourth-order valence-electron chi connectivity index (χ4n) is 19.6. The van der Waals surface area contributed by atoms with Crippen molar-refractivity contribution >= 4 is 113 Å². The number of benzene rings is 7. The second-order valence-corrected chi connectivity index (χ2v) is 35.5. The zero-order chi connectivity index (χ0) is 94.0. The van der Waals surface area contributed by atoms with Crippen molar-refractivity contribution in [2.75, 3.05) is 132 Å². The van der Waals surface area contributed by atoms with E-state index >= 15 is 0 Å². The van der Waals surface area contributed by atoms with Gasteiger partial charge in [-0.3, -0.25) is 4.90 Å². The summed E-state index contributed by atoms with van der Waals surface area (Å²) in [5.41, 5.74) is 20.2. The van der Waals surface area contributed by atoms with Crippen molar-refractivity contribution in [3.8, 4) is 63.0 Å². The van der Waals surface area contributed by atoms with Crippen LogP contribution in [0.5, 0.6) is 40.2 Å². The minimum Gasteiger partial charge on any atom is -0.497 e. The molecular weight excluding hydrogens is 1730 g/mol. The van der Waals surface area contributed by atoms with Crippen molar-refractivity contribution in [3.05, 3.63) is 236 Å². The van der Waals surface area contributed by atoms with E-state index in [9.17, 15) is 0 Å². The SMILES string of the molecule is CCOc1ccc(-n2c(C)c3c(C)nnc(N4CCN(C5CCCCC5)CC4)c3c2C)c(OC)c1.CCOc1ccc(-n2c(C)c3c(C)nnc(N4CCN(c5ccc(Cl)c(Cl)c5)CC4)c3c2C)c(OC)c1.CCOc1ccc(-n2c(C)c3c(C)nnc(NCc4cccc(OC)c4)c3c2C)cc1.CCOc1ccc(-n2c(C)c3c(C)nnc(Nc4ccc(SC)cc4)c3c2C)cc1. The third-order valence-corrected chi connectivity index (χ3v) is 27.3. The average molecular weight is 1850 g/mol. The Kier molecular flexibility index (Phi) is 30.5. The van der Waals surface area contributed by atoms with Gasteiger partial charge in [-0.05, 0) is 263 Å². The van der Waals surface area contributed by atoms with Gasteiger partial charge >= 0.3 is 0 Å². The predicted octanol–water partition coefficient (Wildman–Crippen LogP) is 23.2. The van der Waals surface area contributed by atoms with E-state index in [4.69, 9.17) is 66.6 Å². The molecule has 7 aromatic carbocycles. The molecule has 15 aromatic rings. The molecule has 3 fully saturated rings. The van der Waals surface area contributed by atoms with Crippen LogP contribution in [-0.2, 0) is 6.54 Å². The largest absolute Gasteiger partial charge is 0.497 e. The molecule has 0 amide bonds. The molecule has 10 heterocycles. The van der Waals surface area contributed by atoms with Gasteiger partial charge < -0.3 is 76.8 Å². The Morgan fingerprint density at radius 3 is 1.23 bits per heavy atom. The molecule has 0 bridgehead atoms. The van der Waals surface area contributed by atoms with Crippen LogP contribution in [0.15, 0.2) is 157 Å². The number of ether oxygens (including phenoxy) is 7. The number of fused-ring (bicyclic) bond motifs is 4. The van der Waals surface area contributed by atoms with Crippen LogP contribution in [0.1, 0.15) is 134 Å². The van der Waals surface area contributed by atoms with E-state index in [1.807, 2.05) is 133 Å². The van der Waals surface area contributed by atoms with E-state index in [0.717, 1.165) is 257 Å². The van der Waals surface area contributed by atoms with Gasteiger partial charge in [-0.2, -0.15) is 20.4 Å². The number of hydrogen-bond acceptors (Lipinski definition) is 22. The first-order valence-electron chi connectivity index (χ1n) is 46.1. The number of rotatable bonds is 25. The summed E-state index contributed by atoms with van der Waals surface area (Å²) in [5.74, 6) is 9.24. The third kappa shape index (κ3) is 20.0. The number of thioether (sulfide) groups is 1. The summed E-state index contributed by atoms with van der Waals surface area (Å²) in [7, 11) is 5.08. The normalized spacial score (nSPS) is 13.6. The second-order valence-electron chi connectivity index (χ2n) is 33.8.